The predicted molar refractivity (Wildman–Crippen MR) is 74.5 cm³/mol. The molecule has 0 aromatic carbocycles. The SMILES string of the molecule is CCCC1CCN(S(=O)(=O)c2[nH]ncc2CCl)CC1. The molecule has 1 fully saturated rings. The average molecular weight is 306 g/mol. The zero-order valence-corrected chi connectivity index (χ0v) is 12.7. The van der Waals surface area contributed by atoms with Crippen LogP contribution in [0.5, 0.6) is 0 Å². The van der Waals surface area contributed by atoms with E-state index in [2.05, 4.69) is 17.1 Å². The number of aromatic nitrogens is 2. The Balaban J connectivity index is 2.10. The molecule has 1 aromatic rings. The van der Waals surface area contributed by atoms with Crippen molar-refractivity contribution < 1.29 is 8.42 Å². The molecule has 1 N–H and O–H groups in total. The molecular weight excluding hydrogens is 286 g/mol. The summed E-state index contributed by atoms with van der Waals surface area (Å²) in [4.78, 5) is 0. The Morgan fingerprint density at radius 2 is 2.16 bits per heavy atom. The number of alkyl halides is 1. The van der Waals surface area contributed by atoms with Crippen LogP contribution in [0, 0.1) is 5.92 Å². The molecule has 1 aromatic heterocycles. The van der Waals surface area contributed by atoms with Crippen molar-refractivity contribution >= 4 is 21.6 Å². The van der Waals surface area contributed by atoms with Gasteiger partial charge in [0.1, 0.15) is 0 Å². The van der Waals surface area contributed by atoms with E-state index in [9.17, 15) is 8.42 Å². The quantitative estimate of drug-likeness (QED) is 0.849. The summed E-state index contributed by atoms with van der Waals surface area (Å²) >= 11 is 5.74. The van der Waals surface area contributed by atoms with E-state index >= 15 is 0 Å². The number of piperidine rings is 1. The van der Waals surface area contributed by atoms with Crippen LogP contribution in [0.15, 0.2) is 11.2 Å². The Bertz CT molecular complexity index is 507. The van der Waals surface area contributed by atoms with Crippen molar-refractivity contribution in [1.29, 1.82) is 0 Å². The molecule has 2 rings (SSSR count). The minimum atomic E-state index is -3.47. The third kappa shape index (κ3) is 3.12. The molecule has 0 unspecified atom stereocenters. The van der Waals surface area contributed by atoms with Crippen LogP contribution < -0.4 is 0 Å². The van der Waals surface area contributed by atoms with E-state index < -0.39 is 10.0 Å². The molecule has 0 bridgehead atoms. The molecule has 0 radical (unpaired) electrons. The second-order valence-corrected chi connectivity index (χ2v) is 7.14. The summed E-state index contributed by atoms with van der Waals surface area (Å²) < 4.78 is 26.5. The first-order valence-corrected chi connectivity index (χ1v) is 8.65. The van der Waals surface area contributed by atoms with Crippen LogP contribution in [-0.4, -0.2) is 36.0 Å². The lowest BCUT2D eigenvalue weighted by molar-refractivity contribution is 0.262. The van der Waals surface area contributed by atoms with E-state index in [1.54, 1.807) is 4.31 Å². The fourth-order valence-corrected chi connectivity index (χ4v) is 4.45. The molecular formula is C12H20ClN3O2S. The summed E-state index contributed by atoms with van der Waals surface area (Å²) in [6.45, 7) is 3.35. The van der Waals surface area contributed by atoms with Gasteiger partial charge in [-0.3, -0.25) is 5.10 Å². The third-order valence-electron chi connectivity index (χ3n) is 3.69. The van der Waals surface area contributed by atoms with E-state index in [1.807, 2.05) is 0 Å². The highest BCUT2D eigenvalue weighted by atomic mass is 35.5. The number of nitrogens with one attached hydrogen (secondary N) is 1. The van der Waals surface area contributed by atoms with Crippen LogP contribution in [0.3, 0.4) is 0 Å². The van der Waals surface area contributed by atoms with Gasteiger partial charge in [-0.1, -0.05) is 19.8 Å². The fraction of sp³-hybridized carbons (Fsp3) is 0.750. The number of hydrogen-bond acceptors (Lipinski definition) is 3. The van der Waals surface area contributed by atoms with Crippen LogP contribution in [0.25, 0.3) is 0 Å². The largest absolute Gasteiger partial charge is 0.266 e. The molecule has 0 atom stereocenters. The minimum absolute atomic E-state index is 0.149. The van der Waals surface area contributed by atoms with Gasteiger partial charge in [0.25, 0.3) is 10.0 Å². The zero-order valence-electron chi connectivity index (χ0n) is 11.1. The smallest absolute Gasteiger partial charge is 0.260 e. The van der Waals surface area contributed by atoms with Crippen LogP contribution in [-0.2, 0) is 15.9 Å². The molecule has 1 aliphatic rings. The molecule has 0 amide bonds. The molecule has 0 aliphatic carbocycles. The van der Waals surface area contributed by atoms with E-state index in [1.165, 1.54) is 12.6 Å². The van der Waals surface area contributed by atoms with E-state index in [-0.39, 0.29) is 10.9 Å². The Kier molecular flexibility index (Phi) is 4.86. The maximum atomic E-state index is 12.5. The number of H-pyrrole nitrogens is 1. The molecule has 0 saturated carbocycles. The summed E-state index contributed by atoms with van der Waals surface area (Å²) in [7, 11) is -3.47. The summed E-state index contributed by atoms with van der Waals surface area (Å²) in [6, 6.07) is 0. The first-order valence-electron chi connectivity index (χ1n) is 6.68. The number of aromatic amines is 1. The van der Waals surface area contributed by atoms with Gasteiger partial charge in [0.15, 0.2) is 5.03 Å². The second kappa shape index (κ2) is 6.24. The highest BCUT2D eigenvalue weighted by Crippen LogP contribution is 2.27. The molecule has 108 valence electrons. The van der Waals surface area contributed by atoms with Crippen molar-refractivity contribution in [1.82, 2.24) is 14.5 Å². The molecule has 2 heterocycles. The fourth-order valence-electron chi connectivity index (χ4n) is 2.59. The number of nitrogens with zero attached hydrogens (tertiary/aromatic N) is 2. The Labute approximate surface area is 119 Å². The molecule has 7 heteroatoms. The third-order valence-corrected chi connectivity index (χ3v) is 5.89. The van der Waals surface area contributed by atoms with Crippen LogP contribution in [0.4, 0.5) is 0 Å². The molecule has 19 heavy (non-hydrogen) atoms. The lowest BCUT2D eigenvalue weighted by Crippen LogP contribution is -2.38. The van der Waals surface area contributed by atoms with Gasteiger partial charge < -0.3 is 0 Å². The van der Waals surface area contributed by atoms with Gasteiger partial charge in [-0.15, -0.1) is 11.6 Å². The molecule has 5 nitrogen and oxygen atoms in total. The lowest BCUT2D eigenvalue weighted by Gasteiger charge is -2.30. The number of halogens is 1. The van der Waals surface area contributed by atoms with Gasteiger partial charge in [-0.2, -0.15) is 9.40 Å². The van der Waals surface area contributed by atoms with Crippen molar-refractivity contribution in [2.45, 2.75) is 43.5 Å². The summed E-state index contributed by atoms with van der Waals surface area (Å²) in [5.41, 5.74) is 0.539. The monoisotopic (exact) mass is 305 g/mol. The van der Waals surface area contributed by atoms with E-state index in [4.69, 9.17) is 11.6 Å². The maximum Gasteiger partial charge on any atom is 0.260 e. The first kappa shape index (κ1) is 14.8. The number of sulfonamides is 1. The maximum absolute atomic E-state index is 12.5. The van der Waals surface area contributed by atoms with Crippen LogP contribution >= 0.6 is 11.6 Å². The topological polar surface area (TPSA) is 66.1 Å². The molecule has 0 spiro atoms. The van der Waals surface area contributed by atoms with Crippen molar-refractivity contribution in [3.05, 3.63) is 11.8 Å². The van der Waals surface area contributed by atoms with Gasteiger partial charge in [-0.25, -0.2) is 8.42 Å². The van der Waals surface area contributed by atoms with E-state index in [0.717, 1.165) is 19.3 Å². The van der Waals surface area contributed by atoms with Crippen molar-refractivity contribution in [2.75, 3.05) is 13.1 Å². The molecule has 1 saturated heterocycles. The Morgan fingerprint density at radius 3 is 2.74 bits per heavy atom. The normalized spacial score (nSPS) is 18.8. The van der Waals surface area contributed by atoms with Crippen molar-refractivity contribution in [3.8, 4) is 0 Å². The van der Waals surface area contributed by atoms with Gasteiger partial charge in [0.05, 0.1) is 12.1 Å². The summed E-state index contributed by atoms with van der Waals surface area (Å²) in [6.07, 6.45) is 5.71. The molecule has 1 aliphatic heterocycles. The minimum Gasteiger partial charge on any atom is -0.266 e. The highest BCUT2D eigenvalue weighted by Gasteiger charge is 2.31. The van der Waals surface area contributed by atoms with Crippen LogP contribution in [0.2, 0.25) is 0 Å². The average Bonchev–Trinajstić information content (AvgIpc) is 2.89. The Hall–Kier alpha value is -0.590. The number of hydrogen-bond donors (Lipinski definition) is 1. The lowest BCUT2D eigenvalue weighted by atomic mass is 9.94. The highest BCUT2D eigenvalue weighted by molar-refractivity contribution is 7.89. The first-order chi connectivity index (χ1) is 9.09. The Morgan fingerprint density at radius 1 is 1.47 bits per heavy atom. The van der Waals surface area contributed by atoms with Gasteiger partial charge >= 0.3 is 0 Å². The van der Waals surface area contributed by atoms with E-state index in [0.29, 0.717) is 24.6 Å². The van der Waals surface area contributed by atoms with Gasteiger partial charge in [0, 0.05) is 18.7 Å². The summed E-state index contributed by atoms with van der Waals surface area (Å²) in [5.74, 6) is 0.808. The van der Waals surface area contributed by atoms with Crippen molar-refractivity contribution in [3.63, 3.8) is 0 Å². The summed E-state index contributed by atoms with van der Waals surface area (Å²) in [5, 5.41) is 6.50. The van der Waals surface area contributed by atoms with Gasteiger partial charge in [-0.05, 0) is 18.8 Å². The second-order valence-electron chi connectivity index (χ2n) is 4.99. The predicted octanol–water partition coefficient (Wildman–Crippen LogP) is 2.35. The van der Waals surface area contributed by atoms with Crippen molar-refractivity contribution in [2.24, 2.45) is 5.92 Å². The zero-order chi connectivity index (χ0) is 13.9. The number of rotatable bonds is 5. The van der Waals surface area contributed by atoms with Gasteiger partial charge in [0.2, 0.25) is 0 Å². The van der Waals surface area contributed by atoms with Crippen LogP contribution in [0.1, 0.15) is 38.2 Å². The standard InChI is InChI=1S/C12H20ClN3O2S/c1-2-3-10-4-6-16(7-5-10)19(17,18)12-11(8-13)9-14-15-12/h9-10H,2-8H2,1H3,(H,14,15).